The third-order valence-corrected chi connectivity index (χ3v) is 4.57. The van der Waals surface area contributed by atoms with Crippen molar-refractivity contribution in [1.29, 1.82) is 0 Å². The minimum atomic E-state index is -0.284. The van der Waals surface area contributed by atoms with Crippen molar-refractivity contribution < 1.29 is 4.79 Å². The molecule has 1 aliphatic heterocycles. The molecule has 1 rings (SSSR count). The highest BCUT2D eigenvalue weighted by molar-refractivity contribution is 5.86. The summed E-state index contributed by atoms with van der Waals surface area (Å²) in [5.74, 6) is 2.00. The van der Waals surface area contributed by atoms with Crippen LogP contribution in [0.1, 0.15) is 60.3 Å². The molecule has 2 N–H and O–H groups in total. The van der Waals surface area contributed by atoms with E-state index in [1.54, 1.807) is 0 Å². The number of carbonyl (C=O) groups is 1. The van der Waals surface area contributed by atoms with Gasteiger partial charge in [-0.2, -0.15) is 0 Å². The first-order chi connectivity index (χ1) is 8.93. The van der Waals surface area contributed by atoms with Crippen molar-refractivity contribution in [3.63, 3.8) is 0 Å². The fraction of sp³-hybridized carbons (Fsp3) is 0.938. The van der Waals surface area contributed by atoms with Crippen LogP contribution >= 0.6 is 0 Å². The van der Waals surface area contributed by atoms with Crippen molar-refractivity contribution in [2.45, 2.75) is 65.8 Å². The van der Waals surface area contributed by atoms with E-state index >= 15 is 0 Å². The van der Waals surface area contributed by atoms with Crippen LogP contribution in [0, 0.1) is 17.8 Å². The predicted octanol–water partition coefficient (Wildman–Crippen LogP) is 2.95. The maximum absolute atomic E-state index is 12.5. The molecule has 0 aromatic carbocycles. The summed E-state index contributed by atoms with van der Waals surface area (Å²) in [5.41, 5.74) is -0.284. The monoisotopic (exact) mass is 268 g/mol. The van der Waals surface area contributed by atoms with Crippen LogP contribution < -0.4 is 10.6 Å². The van der Waals surface area contributed by atoms with Gasteiger partial charge in [0.2, 0.25) is 5.91 Å². The zero-order valence-corrected chi connectivity index (χ0v) is 13.4. The Labute approximate surface area is 118 Å². The van der Waals surface area contributed by atoms with E-state index in [0.29, 0.717) is 17.8 Å². The molecular weight excluding hydrogens is 236 g/mol. The second-order valence-corrected chi connectivity index (χ2v) is 6.72. The van der Waals surface area contributed by atoms with Crippen molar-refractivity contribution in [2.24, 2.45) is 17.8 Å². The molecule has 0 spiro atoms. The van der Waals surface area contributed by atoms with Crippen LogP contribution in [0.5, 0.6) is 0 Å². The fourth-order valence-electron chi connectivity index (χ4n) is 3.37. The summed E-state index contributed by atoms with van der Waals surface area (Å²) in [7, 11) is 0. The third-order valence-electron chi connectivity index (χ3n) is 4.57. The van der Waals surface area contributed by atoms with E-state index in [-0.39, 0.29) is 11.4 Å². The summed E-state index contributed by atoms with van der Waals surface area (Å²) in [6.07, 6.45) is 4.11. The molecule has 0 radical (unpaired) electrons. The molecule has 0 aromatic rings. The van der Waals surface area contributed by atoms with Crippen LogP contribution in [0.2, 0.25) is 0 Å². The Hall–Kier alpha value is -0.570. The van der Waals surface area contributed by atoms with Gasteiger partial charge in [-0.15, -0.1) is 0 Å². The van der Waals surface area contributed by atoms with E-state index in [9.17, 15) is 4.79 Å². The second-order valence-electron chi connectivity index (χ2n) is 6.72. The van der Waals surface area contributed by atoms with Gasteiger partial charge in [-0.1, -0.05) is 41.0 Å². The predicted molar refractivity (Wildman–Crippen MR) is 81.1 cm³/mol. The minimum absolute atomic E-state index is 0.221. The zero-order valence-electron chi connectivity index (χ0n) is 13.4. The lowest BCUT2D eigenvalue weighted by Crippen LogP contribution is -2.54. The molecule has 1 amide bonds. The molecular formula is C16H32N2O. The molecule has 1 unspecified atom stereocenters. The van der Waals surface area contributed by atoms with Crippen molar-refractivity contribution in [3.05, 3.63) is 0 Å². The van der Waals surface area contributed by atoms with Gasteiger partial charge in [0.25, 0.3) is 0 Å². The minimum Gasteiger partial charge on any atom is -0.354 e. The molecule has 3 heteroatoms. The van der Waals surface area contributed by atoms with Gasteiger partial charge in [0.1, 0.15) is 0 Å². The maximum atomic E-state index is 12.5. The average molecular weight is 268 g/mol. The van der Waals surface area contributed by atoms with Crippen molar-refractivity contribution in [1.82, 2.24) is 10.6 Å². The van der Waals surface area contributed by atoms with Crippen molar-refractivity contribution >= 4 is 5.91 Å². The molecule has 112 valence electrons. The Morgan fingerprint density at radius 3 is 2.32 bits per heavy atom. The molecule has 0 saturated carbocycles. The summed E-state index contributed by atoms with van der Waals surface area (Å²) in [6, 6.07) is 0. The first-order valence-electron chi connectivity index (χ1n) is 7.96. The molecule has 1 fully saturated rings. The van der Waals surface area contributed by atoms with Crippen LogP contribution in [0.15, 0.2) is 0 Å². The van der Waals surface area contributed by atoms with Crippen LogP contribution in [0.25, 0.3) is 0 Å². The molecule has 1 aliphatic rings. The van der Waals surface area contributed by atoms with Crippen LogP contribution in [-0.2, 0) is 4.79 Å². The van der Waals surface area contributed by atoms with Crippen molar-refractivity contribution in [3.8, 4) is 0 Å². The SMILES string of the molecule is CCCC1(C(=O)NCC(C(C)C)C(C)C)CCCN1. The smallest absolute Gasteiger partial charge is 0.240 e. The summed E-state index contributed by atoms with van der Waals surface area (Å²) in [6.45, 7) is 12.9. The standard InChI is InChI=1S/C16H32N2O/c1-6-8-16(9-7-10-18-16)15(19)17-11-14(12(2)3)13(4)5/h12-14,18H,6-11H2,1-5H3,(H,17,19). The molecule has 1 heterocycles. The summed E-state index contributed by atoms with van der Waals surface area (Å²) >= 11 is 0. The Morgan fingerprint density at radius 1 is 1.26 bits per heavy atom. The Bertz CT molecular complexity index is 272. The lowest BCUT2D eigenvalue weighted by Gasteiger charge is -2.31. The number of rotatable bonds is 7. The van der Waals surface area contributed by atoms with E-state index in [0.717, 1.165) is 38.8 Å². The molecule has 1 atom stereocenters. The molecule has 0 bridgehead atoms. The van der Waals surface area contributed by atoms with Crippen LogP contribution in [0.4, 0.5) is 0 Å². The number of carbonyl (C=O) groups excluding carboxylic acids is 1. The van der Waals surface area contributed by atoms with Gasteiger partial charge in [-0.3, -0.25) is 4.79 Å². The summed E-state index contributed by atoms with van der Waals surface area (Å²) in [4.78, 5) is 12.5. The van der Waals surface area contributed by atoms with Crippen LogP contribution in [-0.4, -0.2) is 24.5 Å². The van der Waals surface area contributed by atoms with Gasteiger partial charge < -0.3 is 10.6 Å². The number of hydrogen-bond acceptors (Lipinski definition) is 2. The van der Waals surface area contributed by atoms with Crippen molar-refractivity contribution in [2.75, 3.05) is 13.1 Å². The first-order valence-corrected chi connectivity index (χ1v) is 7.96. The Balaban J connectivity index is 2.57. The molecule has 3 nitrogen and oxygen atoms in total. The van der Waals surface area contributed by atoms with Gasteiger partial charge in [-0.05, 0) is 43.6 Å². The highest BCUT2D eigenvalue weighted by atomic mass is 16.2. The largest absolute Gasteiger partial charge is 0.354 e. The van der Waals surface area contributed by atoms with E-state index in [1.165, 1.54) is 0 Å². The number of amides is 1. The van der Waals surface area contributed by atoms with E-state index in [2.05, 4.69) is 45.3 Å². The number of hydrogen-bond donors (Lipinski definition) is 2. The van der Waals surface area contributed by atoms with Gasteiger partial charge in [0.15, 0.2) is 0 Å². The van der Waals surface area contributed by atoms with Gasteiger partial charge in [-0.25, -0.2) is 0 Å². The summed E-state index contributed by atoms with van der Waals surface area (Å²) in [5, 5.41) is 6.65. The topological polar surface area (TPSA) is 41.1 Å². The van der Waals surface area contributed by atoms with Crippen LogP contribution in [0.3, 0.4) is 0 Å². The highest BCUT2D eigenvalue weighted by Crippen LogP contribution is 2.26. The molecule has 19 heavy (non-hydrogen) atoms. The molecule has 0 aliphatic carbocycles. The fourth-order valence-corrected chi connectivity index (χ4v) is 3.37. The van der Waals surface area contributed by atoms with E-state index in [1.807, 2.05) is 0 Å². The first kappa shape index (κ1) is 16.5. The number of nitrogens with one attached hydrogen (secondary N) is 2. The average Bonchev–Trinajstić information content (AvgIpc) is 2.78. The Kier molecular flexibility index (Phi) is 6.31. The van der Waals surface area contributed by atoms with E-state index in [4.69, 9.17) is 0 Å². The normalized spacial score (nSPS) is 23.6. The lowest BCUT2D eigenvalue weighted by atomic mass is 9.85. The quantitative estimate of drug-likeness (QED) is 0.745. The second kappa shape index (κ2) is 7.28. The van der Waals surface area contributed by atoms with Gasteiger partial charge >= 0.3 is 0 Å². The maximum Gasteiger partial charge on any atom is 0.240 e. The third kappa shape index (κ3) is 4.20. The lowest BCUT2D eigenvalue weighted by molar-refractivity contribution is -0.127. The Morgan fingerprint density at radius 2 is 1.89 bits per heavy atom. The van der Waals surface area contributed by atoms with E-state index < -0.39 is 0 Å². The highest BCUT2D eigenvalue weighted by Gasteiger charge is 2.39. The zero-order chi connectivity index (χ0) is 14.5. The van der Waals surface area contributed by atoms with Gasteiger partial charge in [0, 0.05) is 6.54 Å². The summed E-state index contributed by atoms with van der Waals surface area (Å²) < 4.78 is 0. The molecule has 1 saturated heterocycles. The molecule has 0 aromatic heterocycles. The van der Waals surface area contributed by atoms with Gasteiger partial charge in [0.05, 0.1) is 5.54 Å².